The van der Waals surface area contributed by atoms with Crippen LogP contribution in [0.3, 0.4) is 0 Å². The standard InChI is InChI=1S/C19H23N9O9P2S2/c1-32-13-10-5-34-38(30,40)33-3-2-27-11(24-9-4-21-7-22-15(9)27)6-35-39(31,41)37-14(13)18(36-10)28-8-23-12-16(28)25-19(20)26-17(12)29/h4,7-8,10,12-14,18H,2-3,5-6H2,1H3,(H,30,40)(H,31,41)(H2,20,26,29)/t10-,12?,13+,14-,18+,38?,39?/m1/s1. The molecule has 0 aromatic carbocycles. The van der Waals surface area contributed by atoms with Crippen molar-refractivity contribution in [2.24, 2.45) is 9.98 Å². The van der Waals surface area contributed by atoms with Crippen molar-refractivity contribution in [1.82, 2.24) is 29.7 Å². The van der Waals surface area contributed by atoms with E-state index in [0.717, 1.165) is 0 Å². The molecule has 1 fully saturated rings. The van der Waals surface area contributed by atoms with Gasteiger partial charge in [-0.15, -0.1) is 0 Å². The number of guanidine groups is 1. The van der Waals surface area contributed by atoms with E-state index in [9.17, 15) is 14.3 Å². The number of ether oxygens (including phenoxy) is 2. The minimum Gasteiger partial charge on any atom is -0.376 e. The second-order valence-electron chi connectivity index (χ2n) is 8.97. The SMILES string of the molecule is CO[C@@H]1[C@H]2OP(O)(=S)OCc3nc4cncnc4n3CCOP(=O)(S)OC[C@H]1O[C@@H]2N1C=NC2C(=O)NC(=N)N=C21. The third-order valence-electron chi connectivity index (χ3n) is 6.47. The lowest BCUT2D eigenvalue weighted by atomic mass is 10.1. The van der Waals surface area contributed by atoms with E-state index < -0.39 is 50.0 Å². The summed E-state index contributed by atoms with van der Waals surface area (Å²) in [6.07, 6.45) is -0.0494. The van der Waals surface area contributed by atoms with Gasteiger partial charge in [-0.1, -0.05) is 12.2 Å². The Labute approximate surface area is 241 Å². The molecule has 0 saturated carbocycles. The molecule has 2 aromatic heterocycles. The summed E-state index contributed by atoms with van der Waals surface area (Å²) in [7, 11) is 1.37. The van der Waals surface area contributed by atoms with Crippen LogP contribution in [0.5, 0.6) is 0 Å². The van der Waals surface area contributed by atoms with Crippen LogP contribution in [0.15, 0.2) is 22.5 Å². The number of rotatable bonds is 2. The number of nitrogens with zero attached hydrogens (tertiary/aromatic N) is 7. The molecule has 6 heterocycles. The fourth-order valence-electron chi connectivity index (χ4n) is 4.74. The number of methoxy groups -OCH3 is 1. The summed E-state index contributed by atoms with van der Waals surface area (Å²) in [5.41, 5.74) is 0.897. The Hall–Kier alpha value is -2.22. The highest BCUT2D eigenvalue weighted by Gasteiger charge is 2.54. The molecule has 0 aliphatic carbocycles. The second kappa shape index (κ2) is 11.1. The van der Waals surface area contributed by atoms with Crippen LogP contribution >= 0.6 is 25.8 Å². The number of thiol groups is 1. The van der Waals surface area contributed by atoms with E-state index in [1.807, 2.05) is 0 Å². The van der Waals surface area contributed by atoms with Gasteiger partial charge in [0.05, 0.1) is 25.7 Å². The summed E-state index contributed by atoms with van der Waals surface area (Å²) >= 11 is 9.44. The smallest absolute Gasteiger partial charge is 0.376 e. The fourth-order valence-corrected chi connectivity index (χ4v) is 7.24. The molecular formula is C19H23N9O9P2S2. The summed E-state index contributed by atoms with van der Waals surface area (Å²) in [5.74, 6) is -0.533. The largest absolute Gasteiger partial charge is 0.386 e. The molecule has 4 aliphatic rings. The van der Waals surface area contributed by atoms with Crippen molar-refractivity contribution in [3.63, 3.8) is 0 Å². The number of hydrogen-bond acceptors (Lipinski definition) is 15. The Morgan fingerprint density at radius 3 is 2.98 bits per heavy atom. The first-order valence-electron chi connectivity index (χ1n) is 12.0. The van der Waals surface area contributed by atoms with E-state index in [2.05, 4.69) is 42.5 Å². The molecular weight excluding hydrogens is 624 g/mol. The molecule has 7 atom stereocenters. The van der Waals surface area contributed by atoms with Crippen LogP contribution in [0.1, 0.15) is 5.82 Å². The normalized spacial score (nSPS) is 36.3. The Morgan fingerprint density at radius 1 is 1.34 bits per heavy atom. The number of nitrogens with one attached hydrogen (secondary N) is 2. The number of aromatic nitrogens is 4. The third-order valence-corrected chi connectivity index (χ3v) is 9.69. The highest BCUT2D eigenvalue weighted by Crippen LogP contribution is 2.54. The van der Waals surface area contributed by atoms with Gasteiger partial charge in [-0.3, -0.25) is 39.0 Å². The van der Waals surface area contributed by atoms with Crippen molar-refractivity contribution in [1.29, 1.82) is 5.41 Å². The van der Waals surface area contributed by atoms with E-state index in [1.54, 1.807) is 4.57 Å². The average molecular weight is 648 g/mol. The summed E-state index contributed by atoms with van der Waals surface area (Å²) in [5, 5.41) is 10.1. The first kappa shape index (κ1) is 28.9. The van der Waals surface area contributed by atoms with Crippen LogP contribution in [0.25, 0.3) is 11.2 Å². The average Bonchev–Trinajstić information content (AvgIpc) is 3.59. The molecule has 22 heteroatoms. The molecule has 0 radical (unpaired) electrons. The molecule has 1 saturated heterocycles. The van der Waals surface area contributed by atoms with Gasteiger partial charge < -0.3 is 23.5 Å². The number of hydrogen-bond donors (Lipinski definition) is 4. The predicted molar refractivity (Wildman–Crippen MR) is 147 cm³/mol. The Balaban J connectivity index is 1.35. The topological polar surface area (TPSA) is 217 Å². The van der Waals surface area contributed by atoms with Crippen LogP contribution < -0.4 is 5.32 Å². The van der Waals surface area contributed by atoms with Crippen LogP contribution in [0.2, 0.25) is 0 Å². The van der Waals surface area contributed by atoms with E-state index >= 15 is 0 Å². The summed E-state index contributed by atoms with van der Waals surface area (Å²) in [4.78, 5) is 45.8. The number of imidazole rings is 1. The first-order chi connectivity index (χ1) is 19.5. The maximum absolute atomic E-state index is 13.0. The van der Waals surface area contributed by atoms with Gasteiger partial charge in [0, 0.05) is 13.7 Å². The molecule has 2 bridgehead atoms. The second-order valence-corrected chi connectivity index (χ2v) is 14.7. The van der Waals surface area contributed by atoms with E-state index in [1.165, 1.54) is 30.9 Å². The number of carbonyl (C=O) groups excluding carboxylic acids is 1. The Bertz CT molecular complexity index is 1560. The van der Waals surface area contributed by atoms with Crippen molar-refractivity contribution in [2.75, 3.05) is 20.3 Å². The number of amidine groups is 1. The monoisotopic (exact) mass is 647 g/mol. The van der Waals surface area contributed by atoms with Gasteiger partial charge in [-0.2, -0.15) is 4.99 Å². The van der Waals surface area contributed by atoms with Gasteiger partial charge in [-0.05, 0) is 11.8 Å². The Kier molecular flexibility index (Phi) is 7.84. The van der Waals surface area contributed by atoms with Gasteiger partial charge in [0.1, 0.15) is 42.6 Å². The van der Waals surface area contributed by atoms with Gasteiger partial charge in [0.25, 0.3) is 5.91 Å². The van der Waals surface area contributed by atoms with Gasteiger partial charge in [-0.25, -0.2) is 19.5 Å². The van der Waals surface area contributed by atoms with Crippen LogP contribution in [0, 0.1) is 5.41 Å². The van der Waals surface area contributed by atoms with Crippen LogP contribution in [-0.4, -0.2) is 104 Å². The zero-order valence-electron chi connectivity index (χ0n) is 21.0. The maximum atomic E-state index is 13.0. The lowest BCUT2D eigenvalue weighted by molar-refractivity contribution is -0.119. The van der Waals surface area contributed by atoms with Crippen molar-refractivity contribution >= 4 is 72.8 Å². The zero-order valence-corrected chi connectivity index (χ0v) is 24.5. The quantitative estimate of drug-likeness (QED) is 0.248. The van der Waals surface area contributed by atoms with Crippen LogP contribution in [-0.2, 0) is 61.9 Å². The van der Waals surface area contributed by atoms with E-state index in [-0.39, 0.29) is 38.2 Å². The maximum Gasteiger partial charge on any atom is 0.386 e. The molecule has 41 heavy (non-hydrogen) atoms. The molecule has 1 amide bonds. The molecule has 2 aromatic rings. The van der Waals surface area contributed by atoms with E-state index in [4.69, 9.17) is 44.8 Å². The molecule has 0 spiro atoms. The number of aliphatic imine (C=N–C) groups is 2. The molecule has 4 aliphatic heterocycles. The Morgan fingerprint density at radius 2 is 2.17 bits per heavy atom. The highest BCUT2D eigenvalue weighted by atomic mass is 32.7. The lowest BCUT2D eigenvalue weighted by Gasteiger charge is -2.32. The predicted octanol–water partition coefficient (Wildman–Crippen LogP) is -0.0549. The fraction of sp³-hybridized carbons (Fsp3) is 0.526. The van der Waals surface area contributed by atoms with Crippen molar-refractivity contribution in [3.05, 3.63) is 18.3 Å². The van der Waals surface area contributed by atoms with Crippen molar-refractivity contribution < 1.29 is 41.8 Å². The lowest BCUT2D eigenvalue weighted by Crippen LogP contribution is -2.53. The summed E-state index contributed by atoms with van der Waals surface area (Å²) < 4.78 is 49.1. The van der Waals surface area contributed by atoms with Gasteiger partial charge in [0.2, 0.25) is 5.96 Å². The molecule has 3 N–H and O–H groups in total. The first-order valence-corrected chi connectivity index (χ1v) is 17.2. The van der Waals surface area contributed by atoms with Crippen molar-refractivity contribution in [3.8, 4) is 0 Å². The van der Waals surface area contributed by atoms with Crippen LogP contribution in [0.4, 0.5) is 0 Å². The van der Waals surface area contributed by atoms with Gasteiger partial charge in [0.15, 0.2) is 23.8 Å². The summed E-state index contributed by atoms with van der Waals surface area (Å²) in [6.45, 7) is -8.49. The highest BCUT2D eigenvalue weighted by molar-refractivity contribution is 8.44. The van der Waals surface area contributed by atoms with Crippen molar-refractivity contribution in [2.45, 2.75) is 43.7 Å². The van der Waals surface area contributed by atoms with Gasteiger partial charge >= 0.3 is 13.5 Å². The molecule has 220 valence electrons. The number of fused-ring (bicyclic) bond motifs is 6. The number of amides is 1. The minimum atomic E-state index is -4.02. The van der Waals surface area contributed by atoms with E-state index in [0.29, 0.717) is 17.0 Å². The minimum absolute atomic E-state index is 0.0911. The zero-order chi connectivity index (χ0) is 28.9. The summed E-state index contributed by atoms with van der Waals surface area (Å²) in [6, 6.07) is -1.03. The molecule has 6 rings (SSSR count). The molecule has 3 unspecified atom stereocenters. The number of carbonyl (C=O) groups is 1. The third kappa shape index (κ3) is 5.74. The molecule has 18 nitrogen and oxygen atoms in total.